The second kappa shape index (κ2) is 8.35. The van der Waals surface area contributed by atoms with Gasteiger partial charge < -0.3 is 15.3 Å². The fraction of sp³-hybridized carbons (Fsp3) is 0.529. The zero-order valence-electron chi connectivity index (χ0n) is 14.9. The van der Waals surface area contributed by atoms with Crippen LogP contribution in [0.5, 0.6) is 5.75 Å². The number of alkyl halides is 3. The molecule has 27 heavy (non-hydrogen) atoms. The fourth-order valence-electron chi connectivity index (χ4n) is 3.09. The molecule has 1 aromatic rings. The lowest BCUT2D eigenvalue weighted by Gasteiger charge is -2.20. The molecule has 0 radical (unpaired) electrons. The lowest BCUT2D eigenvalue weighted by atomic mass is 9.92. The first kappa shape index (κ1) is 21.3. The van der Waals surface area contributed by atoms with Crippen molar-refractivity contribution in [2.75, 3.05) is 20.2 Å². The SMILES string of the molecule is COc1c(CCN)cc(Cl)c(C)c1CC1CC(=O)N(OC(=O)C(F)(F)F)C1. The molecular formula is C17H20ClF3N2O4. The molecule has 2 N–H and O–H groups in total. The Kier molecular flexibility index (Phi) is 6.59. The van der Waals surface area contributed by atoms with Gasteiger partial charge in [-0.2, -0.15) is 18.2 Å². The highest BCUT2D eigenvalue weighted by Crippen LogP contribution is 2.36. The number of carbonyl (C=O) groups excluding carboxylic acids is 2. The van der Waals surface area contributed by atoms with E-state index < -0.39 is 18.1 Å². The third kappa shape index (κ3) is 4.84. The number of ether oxygens (including phenoxy) is 1. The van der Waals surface area contributed by atoms with Crippen molar-refractivity contribution in [2.45, 2.75) is 32.4 Å². The predicted octanol–water partition coefficient (Wildman–Crippen LogP) is 2.57. The first-order valence-corrected chi connectivity index (χ1v) is 8.60. The lowest BCUT2D eigenvalue weighted by Crippen LogP contribution is -2.35. The molecule has 2 rings (SSSR count). The van der Waals surface area contributed by atoms with Gasteiger partial charge in [0.1, 0.15) is 5.75 Å². The van der Waals surface area contributed by atoms with Gasteiger partial charge >= 0.3 is 12.1 Å². The zero-order valence-corrected chi connectivity index (χ0v) is 15.6. The van der Waals surface area contributed by atoms with E-state index in [-0.39, 0.29) is 18.9 Å². The predicted molar refractivity (Wildman–Crippen MR) is 91.2 cm³/mol. The molecule has 1 aliphatic rings. The fourth-order valence-corrected chi connectivity index (χ4v) is 3.34. The van der Waals surface area contributed by atoms with Gasteiger partial charge in [0.25, 0.3) is 5.91 Å². The van der Waals surface area contributed by atoms with Gasteiger partial charge in [0.2, 0.25) is 0 Å². The summed E-state index contributed by atoms with van der Waals surface area (Å²) in [7, 11) is 1.50. The molecule has 0 aliphatic carbocycles. The number of hydroxylamine groups is 2. The standard InChI is InChI=1S/C17H20ClF3N2O4/c1-9-12(15(26-2)11(3-4-22)7-13(9)18)5-10-6-14(24)23(8-10)27-16(25)17(19,20)21/h7,10H,3-6,8,22H2,1-2H3. The van der Waals surface area contributed by atoms with Gasteiger partial charge in [-0.05, 0) is 55.0 Å². The van der Waals surface area contributed by atoms with Crippen molar-refractivity contribution in [1.82, 2.24) is 5.06 Å². The van der Waals surface area contributed by atoms with Crippen molar-refractivity contribution < 1.29 is 32.3 Å². The molecule has 1 heterocycles. The molecule has 1 amide bonds. The number of nitrogens with zero attached hydrogens (tertiary/aromatic N) is 1. The van der Waals surface area contributed by atoms with Gasteiger partial charge in [-0.25, -0.2) is 4.79 Å². The number of rotatable bonds is 6. The maximum Gasteiger partial charge on any atom is 0.493 e. The van der Waals surface area contributed by atoms with E-state index in [0.29, 0.717) is 35.2 Å². The summed E-state index contributed by atoms with van der Waals surface area (Å²) in [4.78, 5) is 27.1. The molecule has 1 fully saturated rings. The number of amides is 1. The number of hydrogen-bond donors (Lipinski definition) is 1. The van der Waals surface area contributed by atoms with Crippen LogP contribution in [0.2, 0.25) is 5.02 Å². The van der Waals surface area contributed by atoms with Crippen molar-refractivity contribution in [3.8, 4) is 5.75 Å². The maximum atomic E-state index is 12.3. The minimum Gasteiger partial charge on any atom is -0.496 e. The first-order chi connectivity index (χ1) is 12.6. The highest BCUT2D eigenvalue weighted by molar-refractivity contribution is 6.31. The van der Waals surface area contributed by atoms with Crippen LogP contribution in [0.15, 0.2) is 6.07 Å². The van der Waals surface area contributed by atoms with E-state index in [2.05, 4.69) is 4.84 Å². The summed E-state index contributed by atoms with van der Waals surface area (Å²) in [6.45, 7) is 2.05. The average Bonchev–Trinajstić information content (AvgIpc) is 2.91. The molecule has 0 spiro atoms. The third-order valence-corrected chi connectivity index (χ3v) is 4.77. The van der Waals surface area contributed by atoms with Crippen LogP contribution < -0.4 is 10.5 Å². The number of hydrogen-bond acceptors (Lipinski definition) is 5. The topological polar surface area (TPSA) is 81.9 Å². The summed E-state index contributed by atoms with van der Waals surface area (Å²) in [6, 6.07) is 1.77. The van der Waals surface area contributed by atoms with E-state index >= 15 is 0 Å². The van der Waals surface area contributed by atoms with Crippen molar-refractivity contribution in [2.24, 2.45) is 11.7 Å². The zero-order chi connectivity index (χ0) is 20.4. The summed E-state index contributed by atoms with van der Waals surface area (Å²) in [5.41, 5.74) is 7.94. The van der Waals surface area contributed by atoms with E-state index in [1.165, 1.54) is 7.11 Å². The van der Waals surface area contributed by atoms with Crippen LogP contribution in [0, 0.1) is 12.8 Å². The summed E-state index contributed by atoms with van der Waals surface area (Å²) >= 11 is 6.28. The first-order valence-electron chi connectivity index (χ1n) is 8.22. The van der Waals surface area contributed by atoms with Crippen molar-refractivity contribution >= 4 is 23.5 Å². The smallest absolute Gasteiger partial charge is 0.493 e. The van der Waals surface area contributed by atoms with Crippen LogP contribution in [0.3, 0.4) is 0 Å². The second-order valence-electron chi connectivity index (χ2n) is 6.30. The van der Waals surface area contributed by atoms with Gasteiger partial charge in [-0.1, -0.05) is 11.6 Å². The van der Waals surface area contributed by atoms with Gasteiger partial charge in [0.15, 0.2) is 0 Å². The molecule has 0 saturated carbocycles. The van der Waals surface area contributed by atoms with E-state index in [1.807, 2.05) is 0 Å². The summed E-state index contributed by atoms with van der Waals surface area (Å²) in [5.74, 6) is -2.85. The summed E-state index contributed by atoms with van der Waals surface area (Å²) in [6.07, 6.45) is -4.34. The molecule has 1 aromatic carbocycles. The van der Waals surface area contributed by atoms with Crippen molar-refractivity contribution in [1.29, 1.82) is 0 Å². The molecule has 1 atom stereocenters. The Labute approximate surface area is 159 Å². The van der Waals surface area contributed by atoms with E-state index in [1.54, 1.807) is 13.0 Å². The van der Waals surface area contributed by atoms with Crippen LogP contribution in [0.1, 0.15) is 23.1 Å². The van der Waals surface area contributed by atoms with E-state index in [4.69, 9.17) is 22.1 Å². The van der Waals surface area contributed by atoms with Gasteiger partial charge in [-0.3, -0.25) is 4.79 Å². The number of methoxy groups -OCH3 is 1. The van der Waals surface area contributed by atoms with Crippen LogP contribution in [-0.2, 0) is 27.3 Å². The Morgan fingerprint density at radius 2 is 2.11 bits per heavy atom. The highest BCUT2D eigenvalue weighted by atomic mass is 35.5. The molecule has 1 aliphatic heterocycles. The van der Waals surface area contributed by atoms with Gasteiger partial charge in [0, 0.05) is 11.4 Å². The molecule has 10 heteroatoms. The van der Waals surface area contributed by atoms with Crippen molar-refractivity contribution in [3.63, 3.8) is 0 Å². The average molecular weight is 409 g/mol. The van der Waals surface area contributed by atoms with Crippen LogP contribution in [0.25, 0.3) is 0 Å². The minimum atomic E-state index is -5.16. The normalized spacial score (nSPS) is 17.4. The van der Waals surface area contributed by atoms with E-state index in [9.17, 15) is 22.8 Å². The minimum absolute atomic E-state index is 0.0491. The Morgan fingerprint density at radius 3 is 2.67 bits per heavy atom. The Bertz CT molecular complexity index is 740. The van der Waals surface area contributed by atoms with Crippen LogP contribution >= 0.6 is 11.6 Å². The highest BCUT2D eigenvalue weighted by Gasteiger charge is 2.45. The molecule has 6 nitrogen and oxygen atoms in total. The molecule has 0 aromatic heterocycles. The van der Waals surface area contributed by atoms with Crippen LogP contribution in [-0.4, -0.2) is 43.3 Å². The molecule has 150 valence electrons. The monoisotopic (exact) mass is 408 g/mol. The third-order valence-electron chi connectivity index (χ3n) is 4.38. The molecular weight excluding hydrogens is 389 g/mol. The number of halogens is 4. The van der Waals surface area contributed by atoms with E-state index in [0.717, 1.165) is 16.7 Å². The Morgan fingerprint density at radius 1 is 1.44 bits per heavy atom. The summed E-state index contributed by atoms with van der Waals surface area (Å²) in [5, 5.41) is 0.979. The number of benzene rings is 1. The molecule has 1 unspecified atom stereocenters. The Balaban J connectivity index is 2.20. The number of carbonyl (C=O) groups is 2. The lowest BCUT2D eigenvalue weighted by molar-refractivity contribution is -0.234. The van der Waals surface area contributed by atoms with Gasteiger partial charge in [-0.15, -0.1) is 0 Å². The Hall–Kier alpha value is -2.00. The maximum absolute atomic E-state index is 12.3. The quantitative estimate of drug-likeness (QED) is 0.782. The second-order valence-corrected chi connectivity index (χ2v) is 6.71. The largest absolute Gasteiger partial charge is 0.496 e. The van der Waals surface area contributed by atoms with Crippen LogP contribution in [0.4, 0.5) is 13.2 Å². The van der Waals surface area contributed by atoms with Gasteiger partial charge in [0.05, 0.1) is 13.7 Å². The molecule has 1 saturated heterocycles. The van der Waals surface area contributed by atoms with Crippen molar-refractivity contribution in [3.05, 3.63) is 27.8 Å². The number of nitrogens with two attached hydrogens (primary N) is 1. The summed E-state index contributed by atoms with van der Waals surface area (Å²) < 4.78 is 42.5. The molecule has 0 bridgehead atoms.